The normalized spacial score (nSPS) is 10.9. The van der Waals surface area contributed by atoms with E-state index < -0.39 is 0 Å². The molecule has 0 bridgehead atoms. The molecule has 10 heteroatoms. The number of hydrogen-bond acceptors (Lipinski definition) is 5. The molecular formula is C26H20Cl2N6O2. The number of nitrogens with one attached hydrogen (secondary N) is 2. The Kier molecular flexibility index (Phi) is 6.71. The van der Waals surface area contributed by atoms with Gasteiger partial charge in [0.2, 0.25) is 5.82 Å². The van der Waals surface area contributed by atoms with Gasteiger partial charge in [-0.05, 0) is 66.6 Å². The van der Waals surface area contributed by atoms with Crippen LogP contribution in [0.5, 0.6) is 0 Å². The summed E-state index contributed by atoms with van der Waals surface area (Å²) in [6.45, 7) is 2.44. The maximum atomic E-state index is 12.4. The molecule has 0 saturated heterocycles. The first-order valence-corrected chi connectivity index (χ1v) is 11.7. The lowest BCUT2D eigenvalue weighted by Gasteiger charge is -2.11. The van der Waals surface area contributed by atoms with Crippen LogP contribution < -0.4 is 10.6 Å². The van der Waals surface area contributed by atoms with Crippen LogP contribution in [0.1, 0.15) is 11.1 Å². The number of urea groups is 1. The van der Waals surface area contributed by atoms with Crippen molar-refractivity contribution in [3.8, 4) is 23.0 Å². The Labute approximate surface area is 216 Å². The second-order valence-corrected chi connectivity index (χ2v) is 8.89. The third-order valence-corrected chi connectivity index (χ3v) is 6.14. The summed E-state index contributed by atoms with van der Waals surface area (Å²) in [7, 11) is 0. The Morgan fingerprint density at radius 2 is 1.78 bits per heavy atom. The number of imidazole rings is 1. The Balaban J connectivity index is 1.20. The van der Waals surface area contributed by atoms with Gasteiger partial charge in [-0.15, -0.1) is 0 Å². The first kappa shape index (κ1) is 23.6. The predicted octanol–water partition coefficient (Wildman–Crippen LogP) is 6.91. The third kappa shape index (κ3) is 5.40. The molecule has 36 heavy (non-hydrogen) atoms. The Morgan fingerprint density at radius 3 is 2.56 bits per heavy atom. The predicted molar refractivity (Wildman–Crippen MR) is 140 cm³/mol. The van der Waals surface area contributed by atoms with Gasteiger partial charge in [0.05, 0.1) is 6.33 Å². The summed E-state index contributed by atoms with van der Waals surface area (Å²) in [6.07, 6.45) is 3.54. The van der Waals surface area contributed by atoms with Crippen molar-refractivity contribution < 1.29 is 9.32 Å². The van der Waals surface area contributed by atoms with Crippen LogP contribution in [0.2, 0.25) is 10.0 Å². The van der Waals surface area contributed by atoms with E-state index in [1.54, 1.807) is 36.7 Å². The minimum absolute atomic E-state index is 0.333. The van der Waals surface area contributed by atoms with Crippen molar-refractivity contribution >= 4 is 40.6 Å². The molecule has 0 radical (unpaired) electrons. The quantitative estimate of drug-likeness (QED) is 0.254. The summed E-state index contributed by atoms with van der Waals surface area (Å²) >= 11 is 12.1. The zero-order valence-electron chi connectivity index (χ0n) is 19.1. The summed E-state index contributed by atoms with van der Waals surface area (Å²) in [5, 5.41) is 10.9. The number of aromatic nitrogens is 4. The number of amides is 2. The summed E-state index contributed by atoms with van der Waals surface area (Å²) < 4.78 is 7.30. The van der Waals surface area contributed by atoms with Crippen LogP contribution in [0.4, 0.5) is 16.2 Å². The van der Waals surface area contributed by atoms with Crippen molar-refractivity contribution in [1.82, 2.24) is 19.7 Å². The van der Waals surface area contributed by atoms with Crippen molar-refractivity contribution in [2.45, 2.75) is 13.5 Å². The Bertz CT molecular complexity index is 1510. The van der Waals surface area contributed by atoms with E-state index in [0.29, 0.717) is 45.4 Å². The van der Waals surface area contributed by atoms with Gasteiger partial charge in [-0.3, -0.25) is 0 Å². The van der Waals surface area contributed by atoms with E-state index in [0.717, 1.165) is 16.7 Å². The van der Waals surface area contributed by atoms with Crippen LogP contribution in [0, 0.1) is 6.92 Å². The average molecular weight is 519 g/mol. The molecule has 5 aromatic rings. The number of nitrogens with zero attached hydrogens (tertiary/aromatic N) is 4. The summed E-state index contributed by atoms with van der Waals surface area (Å²) in [6, 6.07) is 19.8. The van der Waals surface area contributed by atoms with E-state index in [4.69, 9.17) is 27.7 Å². The number of rotatable bonds is 6. The highest BCUT2D eigenvalue weighted by molar-refractivity contribution is 6.31. The molecule has 0 aliphatic carbocycles. The van der Waals surface area contributed by atoms with E-state index in [1.165, 1.54) is 0 Å². The van der Waals surface area contributed by atoms with Gasteiger partial charge in [0, 0.05) is 39.7 Å². The zero-order chi connectivity index (χ0) is 25.1. The highest BCUT2D eigenvalue weighted by atomic mass is 35.5. The molecule has 3 aromatic carbocycles. The summed E-state index contributed by atoms with van der Waals surface area (Å²) in [5.41, 5.74) is 4.55. The number of carbonyl (C=O) groups is 1. The molecule has 0 aliphatic rings. The molecule has 0 aliphatic heterocycles. The second-order valence-electron chi connectivity index (χ2n) is 8.05. The number of carbonyl (C=O) groups excluding carboxylic acids is 1. The van der Waals surface area contributed by atoms with Crippen molar-refractivity contribution in [2.24, 2.45) is 0 Å². The van der Waals surface area contributed by atoms with Gasteiger partial charge >= 0.3 is 6.03 Å². The average Bonchev–Trinajstić information content (AvgIpc) is 3.54. The van der Waals surface area contributed by atoms with Gasteiger partial charge in [0.1, 0.15) is 5.69 Å². The van der Waals surface area contributed by atoms with Crippen molar-refractivity contribution in [3.05, 3.63) is 100 Å². The third-order valence-electron chi connectivity index (χ3n) is 5.47. The van der Waals surface area contributed by atoms with E-state index >= 15 is 0 Å². The first-order chi connectivity index (χ1) is 17.4. The van der Waals surface area contributed by atoms with Crippen molar-refractivity contribution in [1.29, 1.82) is 0 Å². The van der Waals surface area contributed by atoms with E-state index in [9.17, 15) is 4.79 Å². The standard InChI is InChI=1S/C26H20Cl2N6O2/c1-16-21(28)3-2-4-22(16)31-26(35)30-20-11-5-17(6-12-20)13-34-14-23(29-15-34)25-32-24(33-36-25)18-7-9-19(27)10-8-18/h2-12,14-15H,13H2,1H3,(H2,30,31,35). The van der Waals surface area contributed by atoms with Crippen LogP contribution >= 0.6 is 23.2 Å². The summed E-state index contributed by atoms with van der Waals surface area (Å²) in [5.74, 6) is 0.799. The molecule has 2 amide bonds. The van der Waals surface area contributed by atoms with E-state index in [-0.39, 0.29) is 6.03 Å². The number of hydrogen-bond donors (Lipinski definition) is 2. The molecule has 2 heterocycles. The van der Waals surface area contributed by atoms with Gasteiger partial charge in [0.15, 0.2) is 0 Å². The molecule has 0 atom stereocenters. The van der Waals surface area contributed by atoms with Crippen molar-refractivity contribution in [3.63, 3.8) is 0 Å². The lowest BCUT2D eigenvalue weighted by atomic mass is 10.2. The molecular weight excluding hydrogens is 499 g/mol. The molecule has 2 aromatic heterocycles. The van der Waals surface area contributed by atoms with Crippen LogP contribution in [-0.2, 0) is 6.54 Å². The lowest BCUT2D eigenvalue weighted by Crippen LogP contribution is -2.20. The number of benzene rings is 3. The Hall–Kier alpha value is -4.14. The van der Waals surface area contributed by atoms with E-state index in [1.807, 2.05) is 54.1 Å². The van der Waals surface area contributed by atoms with Gasteiger partial charge in [-0.25, -0.2) is 9.78 Å². The maximum absolute atomic E-state index is 12.4. The van der Waals surface area contributed by atoms with E-state index in [2.05, 4.69) is 25.8 Å². The topological polar surface area (TPSA) is 97.9 Å². The fourth-order valence-electron chi connectivity index (χ4n) is 3.53. The van der Waals surface area contributed by atoms with Gasteiger partial charge < -0.3 is 19.7 Å². The first-order valence-electron chi connectivity index (χ1n) is 11.0. The largest absolute Gasteiger partial charge is 0.332 e. The molecule has 180 valence electrons. The molecule has 0 spiro atoms. The molecule has 0 fully saturated rings. The molecule has 0 unspecified atom stereocenters. The SMILES string of the molecule is Cc1c(Cl)cccc1NC(=O)Nc1ccc(Cn2cnc(-c3nc(-c4ccc(Cl)cc4)no3)c2)cc1. The highest BCUT2D eigenvalue weighted by Crippen LogP contribution is 2.24. The fraction of sp³-hybridized carbons (Fsp3) is 0.0769. The minimum atomic E-state index is -0.343. The molecule has 2 N–H and O–H groups in total. The van der Waals surface area contributed by atoms with Crippen molar-refractivity contribution in [2.75, 3.05) is 10.6 Å². The zero-order valence-corrected chi connectivity index (χ0v) is 20.6. The van der Waals surface area contributed by atoms with Gasteiger partial charge in [0.25, 0.3) is 5.89 Å². The molecule has 0 saturated carbocycles. The minimum Gasteiger partial charge on any atom is -0.332 e. The number of anilines is 2. The van der Waals surface area contributed by atoms with Gasteiger partial charge in [-0.1, -0.05) is 46.6 Å². The number of halogens is 2. The van der Waals surface area contributed by atoms with Gasteiger partial charge in [-0.2, -0.15) is 4.98 Å². The van der Waals surface area contributed by atoms with Crippen LogP contribution in [0.15, 0.2) is 83.8 Å². The smallest absolute Gasteiger partial charge is 0.323 e. The second kappa shape index (κ2) is 10.2. The highest BCUT2D eigenvalue weighted by Gasteiger charge is 2.13. The van der Waals surface area contributed by atoms with Crippen LogP contribution in [0.3, 0.4) is 0 Å². The lowest BCUT2D eigenvalue weighted by molar-refractivity contribution is 0.262. The van der Waals surface area contributed by atoms with Crippen LogP contribution in [-0.4, -0.2) is 25.7 Å². The summed E-state index contributed by atoms with van der Waals surface area (Å²) in [4.78, 5) is 21.2. The molecule has 5 rings (SSSR count). The monoisotopic (exact) mass is 518 g/mol. The van der Waals surface area contributed by atoms with Crippen LogP contribution in [0.25, 0.3) is 23.0 Å². The maximum Gasteiger partial charge on any atom is 0.323 e. The fourth-order valence-corrected chi connectivity index (χ4v) is 3.83. The Morgan fingerprint density at radius 1 is 1.00 bits per heavy atom. The molecule has 8 nitrogen and oxygen atoms in total.